The maximum Gasteiger partial charge on any atom is 0.233 e. The molecule has 2 aromatic heterocycles. The van der Waals surface area contributed by atoms with Gasteiger partial charge in [-0.05, 0) is 49.9 Å². The lowest BCUT2D eigenvalue weighted by Gasteiger charge is -2.30. The molecule has 3 atom stereocenters. The predicted molar refractivity (Wildman–Crippen MR) is 125 cm³/mol. The fourth-order valence-corrected chi connectivity index (χ4v) is 4.95. The van der Waals surface area contributed by atoms with Gasteiger partial charge in [-0.1, -0.05) is 43.7 Å². The Hall–Kier alpha value is -2.74. The number of methoxy groups -OCH3 is 1. The summed E-state index contributed by atoms with van der Waals surface area (Å²) in [7, 11) is 1.64. The van der Waals surface area contributed by atoms with E-state index in [1.807, 2.05) is 47.9 Å². The van der Waals surface area contributed by atoms with E-state index in [2.05, 4.69) is 22.4 Å². The average molecular weight is 455 g/mol. The second kappa shape index (κ2) is 10.3. The molecule has 2 heterocycles. The molecule has 1 aromatic carbocycles. The number of amides is 1. The Morgan fingerprint density at radius 1 is 1.28 bits per heavy atom. The van der Waals surface area contributed by atoms with Crippen LogP contribution in [0.5, 0.6) is 5.75 Å². The smallest absolute Gasteiger partial charge is 0.233 e. The zero-order valence-electron chi connectivity index (χ0n) is 18.8. The van der Waals surface area contributed by atoms with Gasteiger partial charge >= 0.3 is 0 Å². The van der Waals surface area contributed by atoms with Gasteiger partial charge in [-0.25, -0.2) is 0 Å². The van der Waals surface area contributed by atoms with Crippen molar-refractivity contribution in [2.75, 3.05) is 7.11 Å². The molecular weight excluding hydrogens is 424 g/mol. The summed E-state index contributed by atoms with van der Waals surface area (Å²) in [6.45, 7) is 4.62. The lowest BCUT2D eigenvalue weighted by atomic mass is 9.86. The molecule has 4 rings (SSSR count). The van der Waals surface area contributed by atoms with Crippen molar-refractivity contribution in [3.05, 3.63) is 48.4 Å². The first-order valence-corrected chi connectivity index (χ1v) is 12.0. The van der Waals surface area contributed by atoms with Crippen LogP contribution in [0.1, 0.15) is 45.3 Å². The summed E-state index contributed by atoms with van der Waals surface area (Å²) in [5, 5.41) is 12.5. The lowest BCUT2D eigenvalue weighted by Crippen LogP contribution is -2.44. The van der Waals surface area contributed by atoms with E-state index >= 15 is 0 Å². The van der Waals surface area contributed by atoms with Gasteiger partial charge in [0.25, 0.3) is 0 Å². The molecule has 0 saturated heterocycles. The Bertz CT molecular complexity index is 1030. The van der Waals surface area contributed by atoms with E-state index in [9.17, 15) is 4.79 Å². The molecule has 0 aliphatic heterocycles. The highest BCUT2D eigenvalue weighted by Gasteiger charge is 2.27. The third-order valence-corrected chi connectivity index (χ3v) is 7.11. The van der Waals surface area contributed by atoms with Gasteiger partial charge in [0.2, 0.25) is 5.91 Å². The van der Waals surface area contributed by atoms with Crippen molar-refractivity contribution in [2.45, 2.75) is 62.5 Å². The van der Waals surface area contributed by atoms with Crippen LogP contribution in [-0.4, -0.2) is 39.1 Å². The predicted octanol–water partition coefficient (Wildman–Crippen LogP) is 4.77. The average Bonchev–Trinajstić information content (AvgIpc) is 3.46. The first-order valence-electron chi connectivity index (χ1n) is 11.1. The van der Waals surface area contributed by atoms with Gasteiger partial charge in [-0.3, -0.25) is 9.36 Å². The van der Waals surface area contributed by atoms with Crippen LogP contribution in [0, 0.1) is 5.92 Å². The van der Waals surface area contributed by atoms with Crippen molar-refractivity contribution in [1.29, 1.82) is 0 Å². The van der Waals surface area contributed by atoms with Gasteiger partial charge in [0, 0.05) is 11.6 Å². The van der Waals surface area contributed by atoms with E-state index in [0.29, 0.717) is 23.4 Å². The molecule has 1 N–H and O–H groups in total. The van der Waals surface area contributed by atoms with E-state index in [4.69, 9.17) is 9.15 Å². The number of benzene rings is 1. The van der Waals surface area contributed by atoms with Crippen molar-refractivity contribution in [2.24, 2.45) is 5.92 Å². The second-order valence-corrected chi connectivity index (χ2v) is 9.65. The molecule has 1 fully saturated rings. The third-order valence-electron chi connectivity index (χ3n) is 6.03. The highest BCUT2D eigenvalue weighted by Crippen LogP contribution is 2.30. The van der Waals surface area contributed by atoms with Crippen LogP contribution < -0.4 is 10.1 Å². The largest absolute Gasteiger partial charge is 0.497 e. The number of nitrogens with one attached hydrogen (secondary N) is 1. The van der Waals surface area contributed by atoms with Crippen molar-refractivity contribution in [1.82, 2.24) is 20.1 Å². The molecule has 0 radical (unpaired) electrons. The first kappa shape index (κ1) is 22.5. The van der Waals surface area contributed by atoms with Crippen molar-refractivity contribution in [3.8, 4) is 17.1 Å². The number of thioether (sulfide) groups is 1. The first-order chi connectivity index (χ1) is 15.5. The standard InChI is InChI=1S/C24H30N4O3S/c1-16-8-4-5-12-21(16)25-23(29)17(2)32-24-27-26-22(18-9-6-10-19(14-18)30-3)28(24)15-20-11-7-13-31-20/h6-7,9-11,13-14,16-17,21H,4-5,8,12,15H2,1-3H3,(H,25,29). The minimum Gasteiger partial charge on any atom is -0.497 e. The molecular formula is C24H30N4O3S. The van der Waals surface area contributed by atoms with E-state index < -0.39 is 0 Å². The third kappa shape index (κ3) is 5.18. The minimum atomic E-state index is -0.290. The maximum atomic E-state index is 12.9. The summed E-state index contributed by atoms with van der Waals surface area (Å²) in [5.41, 5.74) is 0.892. The quantitative estimate of drug-likeness (QED) is 0.494. The van der Waals surface area contributed by atoms with Gasteiger partial charge in [0.05, 0.1) is 25.2 Å². The van der Waals surface area contributed by atoms with Crippen LogP contribution in [0.4, 0.5) is 0 Å². The molecule has 0 bridgehead atoms. The molecule has 3 unspecified atom stereocenters. The van der Waals surface area contributed by atoms with Gasteiger partial charge in [-0.2, -0.15) is 0 Å². The van der Waals surface area contributed by atoms with E-state index in [0.717, 1.165) is 23.5 Å². The molecule has 32 heavy (non-hydrogen) atoms. The van der Waals surface area contributed by atoms with Gasteiger partial charge in [0.1, 0.15) is 11.5 Å². The number of hydrogen-bond acceptors (Lipinski definition) is 6. The van der Waals surface area contributed by atoms with Crippen LogP contribution in [0.3, 0.4) is 0 Å². The van der Waals surface area contributed by atoms with Gasteiger partial charge in [0.15, 0.2) is 11.0 Å². The number of rotatable bonds is 8. The van der Waals surface area contributed by atoms with E-state index in [1.54, 1.807) is 13.4 Å². The molecule has 1 aliphatic carbocycles. The fourth-order valence-electron chi connectivity index (χ4n) is 4.09. The zero-order chi connectivity index (χ0) is 22.5. The summed E-state index contributed by atoms with van der Waals surface area (Å²) in [4.78, 5) is 12.9. The second-order valence-electron chi connectivity index (χ2n) is 8.34. The van der Waals surface area contributed by atoms with Crippen molar-refractivity contribution in [3.63, 3.8) is 0 Å². The topological polar surface area (TPSA) is 82.2 Å². The number of carbonyl (C=O) groups is 1. The number of furan rings is 1. The van der Waals surface area contributed by atoms with Crippen molar-refractivity contribution >= 4 is 17.7 Å². The summed E-state index contributed by atoms with van der Waals surface area (Å²) < 4.78 is 12.9. The number of carbonyl (C=O) groups excluding carboxylic acids is 1. The highest BCUT2D eigenvalue weighted by atomic mass is 32.2. The zero-order valence-corrected chi connectivity index (χ0v) is 19.6. The summed E-state index contributed by atoms with van der Waals surface area (Å²) in [5.74, 6) is 2.82. The minimum absolute atomic E-state index is 0.0456. The number of ether oxygens (including phenoxy) is 1. The summed E-state index contributed by atoms with van der Waals surface area (Å²) in [6, 6.07) is 11.8. The SMILES string of the molecule is COc1cccc(-c2nnc(SC(C)C(=O)NC3CCCCC3C)n2Cc2ccco2)c1. The normalized spacial score (nSPS) is 19.5. The van der Waals surface area contributed by atoms with Gasteiger partial charge in [-0.15, -0.1) is 10.2 Å². The summed E-state index contributed by atoms with van der Waals surface area (Å²) >= 11 is 1.42. The lowest BCUT2D eigenvalue weighted by molar-refractivity contribution is -0.121. The Balaban J connectivity index is 1.56. The molecule has 1 aliphatic rings. The molecule has 7 nitrogen and oxygen atoms in total. The van der Waals surface area contributed by atoms with Crippen molar-refractivity contribution < 1.29 is 13.9 Å². The molecule has 1 saturated carbocycles. The molecule has 8 heteroatoms. The van der Waals surface area contributed by atoms with Crippen LogP contribution in [-0.2, 0) is 11.3 Å². The Morgan fingerprint density at radius 2 is 2.12 bits per heavy atom. The number of hydrogen-bond donors (Lipinski definition) is 1. The maximum absolute atomic E-state index is 12.9. The monoisotopic (exact) mass is 454 g/mol. The fraction of sp³-hybridized carbons (Fsp3) is 0.458. The number of nitrogens with zero attached hydrogens (tertiary/aromatic N) is 3. The molecule has 170 valence electrons. The molecule has 1 amide bonds. The summed E-state index contributed by atoms with van der Waals surface area (Å²) in [6.07, 6.45) is 6.31. The Morgan fingerprint density at radius 3 is 2.88 bits per heavy atom. The Kier molecular flexibility index (Phi) is 7.19. The van der Waals surface area contributed by atoms with E-state index in [1.165, 1.54) is 31.0 Å². The van der Waals surface area contributed by atoms with Crippen LogP contribution >= 0.6 is 11.8 Å². The number of aromatic nitrogens is 3. The van der Waals surface area contributed by atoms with Gasteiger partial charge < -0.3 is 14.5 Å². The van der Waals surface area contributed by atoms with Crippen LogP contribution in [0.25, 0.3) is 11.4 Å². The van der Waals surface area contributed by atoms with Crippen LogP contribution in [0.15, 0.2) is 52.2 Å². The highest BCUT2D eigenvalue weighted by molar-refractivity contribution is 8.00. The van der Waals surface area contributed by atoms with E-state index in [-0.39, 0.29) is 17.2 Å². The molecule has 3 aromatic rings. The molecule has 0 spiro atoms. The Labute approximate surface area is 192 Å². The van der Waals surface area contributed by atoms with Crippen LogP contribution in [0.2, 0.25) is 0 Å².